The Balaban J connectivity index is 2.78. The molecule has 0 aliphatic heterocycles. The molecule has 0 radical (unpaired) electrons. The fourth-order valence-corrected chi connectivity index (χ4v) is 2.01. The van der Waals surface area contributed by atoms with Gasteiger partial charge in [0.15, 0.2) is 0 Å². The summed E-state index contributed by atoms with van der Waals surface area (Å²) in [5, 5.41) is 22.4. The Labute approximate surface area is 109 Å². The zero-order valence-electron chi connectivity index (χ0n) is 11.5. The van der Waals surface area contributed by atoms with Gasteiger partial charge in [0.25, 0.3) is 0 Å². The van der Waals surface area contributed by atoms with Crippen molar-refractivity contribution < 1.29 is 5.11 Å². The highest BCUT2D eigenvalue weighted by atomic mass is 16.3. The van der Waals surface area contributed by atoms with Gasteiger partial charge in [-0.25, -0.2) is 0 Å². The van der Waals surface area contributed by atoms with Crippen molar-refractivity contribution in [2.45, 2.75) is 19.4 Å². The van der Waals surface area contributed by atoms with E-state index in [2.05, 4.69) is 11.4 Å². The highest BCUT2D eigenvalue weighted by Gasteiger charge is 2.21. The Bertz CT molecular complexity index is 447. The number of hydrogen-bond donors (Lipinski definition) is 2. The van der Waals surface area contributed by atoms with Gasteiger partial charge >= 0.3 is 0 Å². The molecule has 0 saturated carbocycles. The van der Waals surface area contributed by atoms with E-state index in [4.69, 9.17) is 5.26 Å². The Morgan fingerprint density at radius 2 is 2.11 bits per heavy atom. The molecule has 4 nitrogen and oxygen atoms in total. The zero-order valence-corrected chi connectivity index (χ0v) is 11.5. The fraction of sp³-hybridized carbons (Fsp3) is 0.500. The molecule has 0 amide bonds. The van der Waals surface area contributed by atoms with Gasteiger partial charge in [-0.1, -0.05) is 12.1 Å². The summed E-state index contributed by atoms with van der Waals surface area (Å²) in [5.41, 5.74) is 1.59. The Kier molecular flexibility index (Phi) is 4.71. The fourth-order valence-electron chi connectivity index (χ4n) is 2.01. The van der Waals surface area contributed by atoms with Gasteiger partial charge in [-0.2, -0.15) is 5.26 Å². The summed E-state index contributed by atoms with van der Waals surface area (Å²) in [7, 11) is 3.84. The largest absolute Gasteiger partial charge is 0.387 e. The monoisotopic (exact) mass is 247 g/mol. The van der Waals surface area contributed by atoms with Crippen molar-refractivity contribution >= 4 is 5.69 Å². The molecule has 0 spiro atoms. The predicted molar refractivity (Wildman–Crippen MR) is 73.6 cm³/mol. The van der Waals surface area contributed by atoms with Gasteiger partial charge < -0.3 is 15.3 Å². The van der Waals surface area contributed by atoms with Crippen LogP contribution in [0.1, 0.15) is 18.1 Å². The van der Waals surface area contributed by atoms with Crippen molar-refractivity contribution in [1.29, 1.82) is 5.26 Å². The lowest BCUT2D eigenvalue weighted by atomic mass is 10.0. The summed E-state index contributed by atoms with van der Waals surface area (Å²) < 4.78 is 0. The summed E-state index contributed by atoms with van der Waals surface area (Å²) >= 11 is 0. The van der Waals surface area contributed by atoms with Crippen molar-refractivity contribution in [1.82, 2.24) is 4.90 Å². The Hall–Kier alpha value is -1.57. The average molecular weight is 247 g/mol. The minimum atomic E-state index is -0.835. The molecular formula is C14H21N3O. The van der Waals surface area contributed by atoms with Crippen molar-refractivity contribution in [2.24, 2.45) is 0 Å². The van der Waals surface area contributed by atoms with Crippen LogP contribution in [0.4, 0.5) is 5.69 Å². The van der Waals surface area contributed by atoms with Crippen molar-refractivity contribution in [2.75, 3.05) is 32.5 Å². The first-order valence-corrected chi connectivity index (χ1v) is 5.96. The van der Waals surface area contributed by atoms with E-state index in [0.29, 0.717) is 18.7 Å². The van der Waals surface area contributed by atoms with Gasteiger partial charge in [-0.3, -0.25) is 0 Å². The SMILES string of the molecule is Cc1cccc(C#N)c1NCC(C)(O)CN(C)C. The highest BCUT2D eigenvalue weighted by Crippen LogP contribution is 2.20. The van der Waals surface area contributed by atoms with Gasteiger partial charge in [-0.15, -0.1) is 0 Å². The van der Waals surface area contributed by atoms with Crippen molar-refractivity contribution in [3.63, 3.8) is 0 Å². The third-order valence-electron chi connectivity index (χ3n) is 2.70. The molecule has 1 rings (SSSR count). The van der Waals surface area contributed by atoms with Crippen LogP contribution in [0, 0.1) is 18.3 Å². The molecule has 0 bridgehead atoms. The first kappa shape index (κ1) is 14.5. The molecule has 0 heterocycles. The molecule has 1 aromatic carbocycles. The Morgan fingerprint density at radius 3 is 2.67 bits per heavy atom. The number of anilines is 1. The molecule has 1 aromatic rings. The van der Waals surface area contributed by atoms with E-state index in [0.717, 1.165) is 11.3 Å². The summed E-state index contributed by atoms with van der Waals surface area (Å²) in [5.74, 6) is 0. The van der Waals surface area contributed by atoms with Gasteiger partial charge in [0.1, 0.15) is 6.07 Å². The van der Waals surface area contributed by atoms with Crippen LogP contribution in [0.3, 0.4) is 0 Å². The molecule has 1 atom stereocenters. The number of nitrogens with zero attached hydrogens (tertiary/aromatic N) is 2. The number of nitriles is 1. The molecule has 1 unspecified atom stereocenters. The molecule has 98 valence electrons. The Morgan fingerprint density at radius 1 is 1.44 bits per heavy atom. The number of rotatable bonds is 5. The predicted octanol–water partition coefficient (Wildman–Crippen LogP) is 1.59. The van der Waals surface area contributed by atoms with Gasteiger partial charge in [0.05, 0.1) is 16.9 Å². The lowest BCUT2D eigenvalue weighted by molar-refractivity contribution is 0.0460. The van der Waals surface area contributed by atoms with Crippen LogP contribution >= 0.6 is 0 Å². The molecular weight excluding hydrogens is 226 g/mol. The van der Waals surface area contributed by atoms with E-state index in [9.17, 15) is 5.11 Å². The van der Waals surface area contributed by atoms with Crippen LogP contribution in [0.25, 0.3) is 0 Å². The molecule has 0 aliphatic carbocycles. The minimum absolute atomic E-state index is 0.407. The van der Waals surface area contributed by atoms with Crippen LogP contribution in [0.15, 0.2) is 18.2 Å². The zero-order chi connectivity index (χ0) is 13.8. The van der Waals surface area contributed by atoms with Crippen LogP contribution < -0.4 is 5.32 Å². The summed E-state index contributed by atoms with van der Waals surface area (Å²) in [4.78, 5) is 1.94. The molecule has 0 aromatic heterocycles. The molecule has 0 aliphatic rings. The summed E-state index contributed by atoms with van der Waals surface area (Å²) in [6.45, 7) is 4.70. The smallest absolute Gasteiger partial charge is 0.101 e. The first-order valence-electron chi connectivity index (χ1n) is 5.96. The number of para-hydroxylation sites is 1. The van der Waals surface area contributed by atoms with Gasteiger partial charge in [-0.05, 0) is 39.6 Å². The number of nitrogens with one attached hydrogen (secondary N) is 1. The third-order valence-corrected chi connectivity index (χ3v) is 2.70. The normalized spacial score (nSPS) is 14.1. The standard InChI is InChI=1S/C14H21N3O/c1-11-6-5-7-12(8-15)13(11)16-9-14(2,18)10-17(3)4/h5-7,16,18H,9-10H2,1-4H3. The summed E-state index contributed by atoms with van der Waals surface area (Å²) in [6.07, 6.45) is 0. The lowest BCUT2D eigenvalue weighted by Gasteiger charge is -2.28. The van der Waals surface area contributed by atoms with Gasteiger partial charge in [0.2, 0.25) is 0 Å². The maximum absolute atomic E-state index is 10.2. The lowest BCUT2D eigenvalue weighted by Crippen LogP contribution is -2.43. The van der Waals surface area contributed by atoms with Crippen LogP contribution in [0.5, 0.6) is 0 Å². The van der Waals surface area contributed by atoms with Gasteiger partial charge in [0, 0.05) is 13.1 Å². The van der Waals surface area contributed by atoms with Crippen molar-refractivity contribution in [3.05, 3.63) is 29.3 Å². The number of aliphatic hydroxyl groups is 1. The van der Waals surface area contributed by atoms with E-state index in [-0.39, 0.29) is 0 Å². The average Bonchev–Trinajstić information content (AvgIpc) is 2.25. The quantitative estimate of drug-likeness (QED) is 0.829. The molecule has 0 fully saturated rings. The molecule has 2 N–H and O–H groups in total. The van der Waals surface area contributed by atoms with Crippen LogP contribution in [-0.4, -0.2) is 42.8 Å². The number of aryl methyl sites for hydroxylation is 1. The second-order valence-corrected chi connectivity index (χ2v) is 5.20. The van der Waals surface area contributed by atoms with E-state index in [1.165, 1.54) is 0 Å². The second-order valence-electron chi connectivity index (χ2n) is 5.20. The third kappa shape index (κ3) is 4.02. The van der Waals surface area contributed by atoms with Crippen LogP contribution in [0.2, 0.25) is 0 Å². The van der Waals surface area contributed by atoms with E-state index in [1.54, 1.807) is 13.0 Å². The van der Waals surface area contributed by atoms with Crippen molar-refractivity contribution in [3.8, 4) is 6.07 Å². The van der Waals surface area contributed by atoms with E-state index >= 15 is 0 Å². The first-order chi connectivity index (χ1) is 8.35. The van der Waals surface area contributed by atoms with Crippen LogP contribution in [-0.2, 0) is 0 Å². The topological polar surface area (TPSA) is 59.3 Å². The molecule has 18 heavy (non-hydrogen) atoms. The van der Waals surface area contributed by atoms with E-state index < -0.39 is 5.60 Å². The maximum atomic E-state index is 10.2. The summed E-state index contributed by atoms with van der Waals surface area (Å²) in [6, 6.07) is 7.74. The highest BCUT2D eigenvalue weighted by molar-refractivity contribution is 5.62. The minimum Gasteiger partial charge on any atom is -0.387 e. The maximum Gasteiger partial charge on any atom is 0.101 e. The number of benzene rings is 1. The second kappa shape index (κ2) is 5.85. The molecule has 0 saturated heterocycles. The van der Waals surface area contributed by atoms with E-state index in [1.807, 2.05) is 38.1 Å². The number of likely N-dealkylation sites (N-methyl/N-ethyl adjacent to an activating group) is 1. The molecule has 4 heteroatoms. The number of hydrogen-bond acceptors (Lipinski definition) is 4.